The molecule has 8 atom stereocenters. The summed E-state index contributed by atoms with van der Waals surface area (Å²) in [7, 11) is 1.48. The third-order valence-electron chi connectivity index (χ3n) is 13.0. The number of urea groups is 1. The molecule has 26 nitrogen and oxygen atoms in total. The number of aromatic amines is 1. The first-order valence-corrected chi connectivity index (χ1v) is 27.5. The molecule has 1 aromatic heterocycles. The molecule has 8 unspecified atom stereocenters. The second-order valence-electron chi connectivity index (χ2n) is 19.8. The number of hydrogen-bond acceptors (Lipinski definition) is 14. The summed E-state index contributed by atoms with van der Waals surface area (Å²) in [5, 5.41) is 24.5. The van der Waals surface area contributed by atoms with Crippen LogP contribution in [0.1, 0.15) is 77.3 Å². The van der Waals surface area contributed by atoms with Gasteiger partial charge in [-0.15, -0.1) is 0 Å². The van der Waals surface area contributed by atoms with Crippen LogP contribution in [-0.4, -0.2) is 160 Å². The van der Waals surface area contributed by atoms with E-state index in [2.05, 4.69) is 94.7 Å². The number of carbonyl (C=O) groups is 10. The molecule has 0 aliphatic carbocycles. The number of thiol groups is 2. The first-order valence-electron chi connectivity index (χ1n) is 26.2. The van der Waals surface area contributed by atoms with Crippen LogP contribution in [0.25, 0.3) is 10.9 Å². The Bertz CT molecular complexity index is 2810. The van der Waals surface area contributed by atoms with Gasteiger partial charge in [-0.1, -0.05) is 74.9 Å². The molecule has 4 rings (SSSR count). The fourth-order valence-corrected chi connectivity index (χ4v) is 9.03. The highest BCUT2D eigenvalue weighted by molar-refractivity contribution is 7.80. The van der Waals surface area contributed by atoms with E-state index in [0.717, 1.165) is 15.8 Å². The number of carbonyl (C=O) groups excluding carboxylic acids is 10. The Balaban J connectivity index is 1.61. The van der Waals surface area contributed by atoms with Crippen molar-refractivity contribution in [2.75, 3.05) is 25.1 Å². The van der Waals surface area contributed by atoms with Gasteiger partial charge >= 0.3 is 6.03 Å². The zero-order chi connectivity index (χ0) is 60.0. The van der Waals surface area contributed by atoms with Crippen molar-refractivity contribution in [3.05, 3.63) is 84.2 Å². The van der Waals surface area contributed by atoms with Crippen molar-refractivity contribution in [1.82, 2.24) is 57.7 Å². The van der Waals surface area contributed by atoms with Crippen LogP contribution in [0.5, 0.6) is 0 Å². The van der Waals surface area contributed by atoms with E-state index >= 15 is 0 Å². The van der Waals surface area contributed by atoms with Crippen molar-refractivity contribution in [3.63, 3.8) is 0 Å². The lowest BCUT2D eigenvalue weighted by Crippen LogP contribution is -2.61. The molecule has 0 radical (unpaired) electrons. The highest BCUT2D eigenvalue weighted by Crippen LogP contribution is 2.23. The lowest BCUT2D eigenvalue weighted by atomic mass is 10.0. The number of fused-ring (bicyclic) bond motifs is 1. The molecule has 2 heterocycles. The van der Waals surface area contributed by atoms with Crippen LogP contribution in [-0.2, 0) is 56.0 Å². The maximum atomic E-state index is 14.7. The Hall–Kier alpha value is -8.14. The van der Waals surface area contributed by atoms with Gasteiger partial charge in [-0.05, 0) is 57.2 Å². The Kier molecular flexibility index (Phi) is 25.5. The van der Waals surface area contributed by atoms with E-state index in [1.54, 1.807) is 42.6 Å². The number of unbranched alkanes of at least 4 members (excludes halogenated alkanes) is 1. The number of primary amides is 1. The van der Waals surface area contributed by atoms with Crippen LogP contribution < -0.4 is 65.1 Å². The van der Waals surface area contributed by atoms with Crippen LogP contribution in [0.2, 0.25) is 0 Å². The van der Waals surface area contributed by atoms with Gasteiger partial charge < -0.3 is 70.0 Å². The molecular weight excluding hydrogens is 1080 g/mol. The summed E-state index contributed by atoms with van der Waals surface area (Å²) in [6, 6.07) is 4.30. The standard InChI is InChI=1S/C53H76N16O10S2/c1-7-8-20-41(69-50(78)53(4,5)68-52(69)79)49(77)67-40(27-81)48(76)61-30(3)43(71)63-36(22-29(2)60-28-57-6)45(73)64-37(23-31-15-10-9-11-16-31)46(74)62-35(19-14-21-58-51(55)56)44(72)65-38(47(75)66-39(26-80)42(54)70)24-32-25-59-34-18-13-12-17-33(32)34/h9-13,15-18,25,28,30,35-41,59,80-81H,2,7-8,14,19-24,26-27H2,1,3-6H3,(H2,54,70)(H,57,60)(H,61,76)(H,62,74)(H,63,71)(H,64,73)(H,65,72)(H,66,75)(H,67,77)(H,68,79)(H4,55,56,58). The van der Waals surface area contributed by atoms with Gasteiger partial charge in [-0.2, -0.15) is 25.3 Å². The molecule has 0 saturated carbocycles. The molecule has 440 valence electrons. The van der Waals surface area contributed by atoms with Gasteiger partial charge in [0, 0.05) is 67.2 Å². The van der Waals surface area contributed by atoms with Crippen molar-refractivity contribution in [2.45, 2.75) is 133 Å². The summed E-state index contributed by atoms with van der Waals surface area (Å²) in [4.78, 5) is 149. The number of rotatable bonds is 33. The second kappa shape index (κ2) is 31.6. The van der Waals surface area contributed by atoms with Gasteiger partial charge in [-0.25, -0.2) is 9.69 Å². The molecule has 2 aromatic carbocycles. The van der Waals surface area contributed by atoms with E-state index in [0.29, 0.717) is 24.0 Å². The van der Waals surface area contributed by atoms with E-state index in [-0.39, 0.29) is 68.2 Å². The minimum absolute atomic E-state index is 0.0393. The summed E-state index contributed by atoms with van der Waals surface area (Å²) in [5.74, 6) is -7.97. The number of benzene rings is 2. The van der Waals surface area contributed by atoms with Gasteiger partial charge in [0.1, 0.15) is 53.9 Å². The number of nitrogens with one attached hydrogen (secondary N) is 10. The minimum atomic E-state index is -1.48. The zero-order valence-corrected chi connectivity index (χ0v) is 47.8. The number of guanidine groups is 1. The summed E-state index contributed by atoms with van der Waals surface area (Å²) in [5.41, 5.74) is 17.6. The van der Waals surface area contributed by atoms with E-state index in [1.165, 1.54) is 34.2 Å². The van der Waals surface area contributed by atoms with Crippen molar-refractivity contribution >= 4 is 108 Å². The third kappa shape index (κ3) is 19.6. The van der Waals surface area contributed by atoms with E-state index in [1.807, 2.05) is 25.1 Å². The predicted octanol–water partition coefficient (Wildman–Crippen LogP) is -1.19. The van der Waals surface area contributed by atoms with Crippen LogP contribution in [0.4, 0.5) is 4.79 Å². The highest BCUT2D eigenvalue weighted by atomic mass is 32.1. The first-order chi connectivity index (χ1) is 38.4. The molecule has 0 bridgehead atoms. The summed E-state index contributed by atoms with van der Waals surface area (Å²) < 4.78 is 0. The molecule has 28 heteroatoms. The number of para-hydroxylation sites is 1. The average molecular weight is 1160 g/mol. The van der Waals surface area contributed by atoms with E-state index in [4.69, 9.17) is 17.2 Å². The minimum Gasteiger partial charge on any atom is -0.370 e. The molecule has 0 spiro atoms. The second-order valence-corrected chi connectivity index (χ2v) is 20.5. The summed E-state index contributed by atoms with van der Waals surface area (Å²) in [6.07, 6.45) is 3.76. The topological polar surface area (TPSA) is 401 Å². The molecule has 81 heavy (non-hydrogen) atoms. The molecular formula is C53H76N16O10S2. The molecule has 16 N–H and O–H groups in total. The first kappa shape index (κ1) is 65.4. The number of nitrogens with zero attached hydrogens (tertiary/aromatic N) is 3. The number of aliphatic imine (C=N–C) groups is 2. The monoisotopic (exact) mass is 1160 g/mol. The van der Waals surface area contributed by atoms with Crippen molar-refractivity contribution in [1.29, 1.82) is 0 Å². The van der Waals surface area contributed by atoms with Crippen molar-refractivity contribution in [2.24, 2.45) is 27.2 Å². The predicted molar refractivity (Wildman–Crippen MR) is 312 cm³/mol. The van der Waals surface area contributed by atoms with Crippen LogP contribution in [0.3, 0.4) is 0 Å². The Morgan fingerprint density at radius 1 is 0.704 bits per heavy atom. The normalized spacial score (nSPS) is 15.8. The maximum absolute atomic E-state index is 14.7. The number of aromatic nitrogens is 1. The zero-order valence-electron chi connectivity index (χ0n) is 46.0. The van der Waals surface area contributed by atoms with Gasteiger partial charge in [0.2, 0.25) is 47.3 Å². The molecule has 1 saturated heterocycles. The Labute approximate surface area is 480 Å². The smallest absolute Gasteiger partial charge is 0.325 e. The van der Waals surface area contributed by atoms with E-state index in [9.17, 15) is 47.9 Å². The Morgan fingerprint density at radius 2 is 1.26 bits per heavy atom. The fraction of sp³-hybridized carbons (Fsp3) is 0.472. The molecule has 1 aliphatic rings. The van der Waals surface area contributed by atoms with Gasteiger partial charge in [-0.3, -0.25) is 53.1 Å². The number of imide groups is 1. The van der Waals surface area contributed by atoms with Crippen molar-refractivity contribution < 1.29 is 47.9 Å². The molecule has 3 aromatic rings. The summed E-state index contributed by atoms with van der Waals surface area (Å²) >= 11 is 8.41. The summed E-state index contributed by atoms with van der Waals surface area (Å²) in [6.45, 7) is 10.2. The number of H-pyrrole nitrogens is 1. The maximum Gasteiger partial charge on any atom is 0.325 e. The average Bonchev–Trinajstić information content (AvgIpc) is 3.99. The van der Waals surface area contributed by atoms with Gasteiger partial charge in [0.25, 0.3) is 5.91 Å². The highest BCUT2D eigenvalue weighted by Gasteiger charge is 2.49. The largest absolute Gasteiger partial charge is 0.370 e. The van der Waals surface area contributed by atoms with Crippen LogP contribution in [0.15, 0.2) is 83.1 Å². The van der Waals surface area contributed by atoms with Gasteiger partial charge in [0.15, 0.2) is 5.96 Å². The lowest BCUT2D eigenvalue weighted by Gasteiger charge is -2.28. The van der Waals surface area contributed by atoms with Gasteiger partial charge in [0.05, 0.1) is 6.34 Å². The van der Waals surface area contributed by atoms with Crippen LogP contribution >= 0.6 is 25.3 Å². The third-order valence-corrected chi connectivity index (χ3v) is 13.7. The quantitative estimate of drug-likeness (QED) is 0.0112. The van der Waals surface area contributed by atoms with E-state index < -0.39 is 113 Å². The molecule has 1 aliphatic heterocycles. The van der Waals surface area contributed by atoms with Crippen molar-refractivity contribution in [3.8, 4) is 0 Å². The fourth-order valence-electron chi connectivity index (χ4n) is 8.50. The molecule has 1 fully saturated rings. The van der Waals surface area contributed by atoms with Crippen LogP contribution in [0, 0.1) is 0 Å². The number of nitrogens with two attached hydrogens (primary N) is 3. The Morgan fingerprint density at radius 3 is 1.85 bits per heavy atom. The SMILES string of the molecule is C=C(CC(NC(=O)C(C)NC(=O)C(CS)NC(=O)C(CCCC)N1C(=O)NC(C)(C)C1=O)C(=O)NC(Cc1ccccc1)C(=O)NC(CCCN=C(N)N)C(=O)NC(Cc1c[nH]c2ccccc12)C(=O)NC(CS)C(N)=O)NC=NC. The number of hydrogen-bond donors (Lipinski definition) is 15. The molecule has 11 amide bonds. The lowest BCUT2D eigenvalue weighted by molar-refractivity contribution is -0.139. The number of amides is 11.